The third-order valence-electron chi connectivity index (χ3n) is 6.45. The molecular weight excluding hydrogens is 510 g/mol. The molecule has 0 saturated heterocycles. The van der Waals surface area contributed by atoms with Crippen LogP contribution in [0, 0.1) is 20.8 Å². The average Bonchev–Trinajstić information content (AvgIpc) is 2.94. The lowest BCUT2D eigenvalue weighted by Crippen LogP contribution is -2.38. The Hall–Kier alpha value is -4.04. The van der Waals surface area contributed by atoms with E-state index in [0.717, 1.165) is 28.0 Å². The van der Waals surface area contributed by atoms with Gasteiger partial charge in [0.1, 0.15) is 23.9 Å². The minimum Gasteiger partial charge on any atom is -0.494 e. The topological polar surface area (TPSA) is 94.5 Å². The van der Waals surface area contributed by atoms with Gasteiger partial charge >= 0.3 is 12.1 Å². The lowest BCUT2D eigenvalue weighted by Gasteiger charge is -2.23. The number of ether oxygens (including phenoxy) is 4. The summed E-state index contributed by atoms with van der Waals surface area (Å²) in [5.41, 5.74) is 3.93. The van der Waals surface area contributed by atoms with E-state index >= 15 is 0 Å². The van der Waals surface area contributed by atoms with Gasteiger partial charge in [0.05, 0.1) is 13.2 Å². The van der Waals surface area contributed by atoms with Crippen LogP contribution >= 0.6 is 0 Å². The summed E-state index contributed by atoms with van der Waals surface area (Å²) in [6.45, 7) is 9.52. The fourth-order valence-corrected chi connectivity index (χ4v) is 4.09. The van der Waals surface area contributed by atoms with Crippen molar-refractivity contribution in [1.29, 1.82) is 0 Å². The van der Waals surface area contributed by atoms with Crippen molar-refractivity contribution in [3.05, 3.63) is 89.0 Å². The van der Waals surface area contributed by atoms with Gasteiger partial charge in [-0.15, -0.1) is 0 Å². The fourth-order valence-electron chi connectivity index (χ4n) is 4.09. The lowest BCUT2D eigenvalue weighted by molar-refractivity contribution is -0.149. The number of benzene rings is 3. The van der Waals surface area contributed by atoms with E-state index in [1.165, 1.54) is 0 Å². The molecule has 3 aromatic rings. The summed E-state index contributed by atoms with van der Waals surface area (Å²) < 4.78 is 22.8. The predicted octanol–water partition coefficient (Wildman–Crippen LogP) is 5.99. The molecule has 0 aliphatic carbocycles. The molecule has 40 heavy (non-hydrogen) atoms. The number of aliphatic carboxylic acids is 1. The summed E-state index contributed by atoms with van der Waals surface area (Å²) in [4.78, 5) is 26.1. The van der Waals surface area contributed by atoms with E-state index in [0.29, 0.717) is 44.2 Å². The maximum atomic E-state index is 13.2. The SMILES string of the molecule is CCOC(Cc1ccc(OCCN(CCCOc2ccccc2)C(=O)Oc2cc(C)c(C)cc2C)cc1)C(=O)O. The van der Waals surface area contributed by atoms with Crippen molar-refractivity contribution >= 4 is 12.1 Å². The third-order valence-corrected chi connectivity index (χ3v) is 6.45. The lowest BCUT2D eigenvalue weighted by atomic mass is 10.1. The summed E-state index contributed by atoms with van der Waals surface area (Å²) in [5, 5.41) is 9.30. The van der Waals surface area contributed by atoms with Crippen LogP contribution in [-0.2, 0) is 16.0 Å². The van der Waals surface area contributed by atoms with Crippen molar-refractivity contribution in [3.8, 4) is 17.2 Å². The van der Waals surface area contributed by atoms with Gasteiger partial charge in [-0.2, -0.15) is 0 Å². The number of hydrogen-bond donors (Lipinski definition) is 1. The molecule has 214 valence electrons. The number of para-hydroxylation sites is 1. The first-order valence-electron chi connectivity index (χ1n) is 13.6. The molecule has 1 N–H and O–H groups in total. The molecule has 1 atom stereocenters. The smallest absolute Gasteiger partial charge is 0.415 e. The van der Waals surface area contributed by atoms with E-state index in [4.69, 9.17) is 18.9 Å². The summed E-state index contributed by atoms with van der Waals surface area (Å²) in [6, 6.07) is 20.7. The molecule has 0 heterocycles. The molecule has 0 fully saturated rings. The van der Waals surface area contributed by atoms with Crippen LogP contribution in [0.2, 0.25) is 0 Å². The molecule has 3 aromatic carbocycles. The maximum Gasteiger partial charge on any atom is 0.415 e. The van der Waals surface area contributed by atoms with Crippen LogP contribution in [-0.4, -0.2) is 61.1 Å². The minimum absolute atomic E-state index is 0.261. The maximum absolute atomic E-state index is 13.2. The highest BCUT2D eigenvalue weighted by molar-refractivity contribution is 5.73. The number of rotatable bonds is 15. The Bertz CT molecular complexity index is 1230. The largest absolute Gasteiger partial charge is 0.494 e. The highest BCUT2D eigenvalue weighted by Gasteiger charge is 2.19. The number of nitrogens with zero attached hydrogens (tertiary/aromatic N) is 1. The molecule has 0 aliphatic heterocycles. The van der Waals surface area contributed by atoms with Crippen LogP contribution < -0.4 is 14.2 Å². The van der Waals surface area contributed by atoms with Crippen molar-refractivity contribution in [2.24, 2.45) is 0 Å². The number of amides is 1. The number of aryl methyl sites for hydroxylation is 3. The van der Waals surface area contributed by atoms with E-state index < -0.39 is 18.2 Å². The van der Waals surface area contributed by atoms with Crippen LogP contribution in [0.1, 0.15) is 35.6 Å². The van der Waals surface area contributed by atoms with Crippen LogP contribution in [0.3, 0.4) is 0 Å². The van der Waals surface area contributed by atoms with Gasteiger partial charge in [-0.25, -0.2) is 9.59 Å². The van der Waals surface area contributed by atoms with Crippen molar-refractivity contribution in [3.63, 3.8) is 0 Å². The van der Waals surface area contributed by atoms with Gasteiger partial charge in [0, 0.05) is 19.6 Å². The van der Waals surface area contributed by atoms with Gasteiger partial charge in [0.25, 0.3) is 0 Å². The van der Waals surface area contributed by atoms with Crippen molar-refractivity contribution in [2.45, 2.75) is 46.6 Å². The Morgan fingerprint density at radius 3 is 2.15 bits per heavy atom. The van der Waals surface area contributed by atoms with Crippen LogP contribution in [0.15, 0.2) is 66.7 Å². The zero-order chi connectivity index (χ0) is 28.9. The Labute approximate surface area is 236 Å². The number of carbonyl (C=O) groups excluding carboxylic acids is 1. The molecule has 0 radical (unpaired) electrons. The second kappa shape index (κ2) is 15.5. The van der Waals surface area contributed by atoms with Crippen molar-refractivity contribution in [2.75, 3.05) is 32.9 Å². The molecule has 0 saturated carbocycles. The monoisotopic (exact) mass is 549 g/mol. The summed E-state index contributed by atoms with van der Waals surface area (Å²) >= 11 is 0. The zero-order valence-corrected chi connectivity index (χ0v) is 23.7. The van der Waals surface area contributed by atoms with Gasteiger partial charge in [0.15, 0.2) is 6.10 Å². The highest BCUT2D eigenvalue weighted by atomic mass is 16.6. The Morgan fingerprint density at radius 1 is 0.825 bits per heavy atom. The van der Waals surface area contributed by atoms with E-state index in [-0.39, 0.29) is 13.0 Å². The summed E-state index contributed by atoms with van der Waals surface area (Å²) in [6.07, 6.45) is -0.440. The molecule has 1 unspecified atom stereocenters. The van der Waals surface area contributed by atoms with E-state index in [1.807, 2.05) is 75.4 Å². The fraction of sp³-hybridized carbons (Fsp3) is 0.375. The highest BCUT2D eigenvalue weighted by Crippen LogP contribution is 2.23. The van der Waals surface area contributed by atoms with Crippen LogP contribution in [0.25, 0.3) is 0 Å². The standard InChI is InChI=1S/C32H39NO7/c1-5-37-30(31(34)35)22-26-12-14-28(15-13-26)39-19-17-33(16-9-18-38-27-10-7-6-8-11-27)32(36)40-29-21-24(3)23(2)20-25(29)4/h6-8,10-15,20-21,30H,5,9,16-19,22H2,1-4H3,(H,34,35). The Morgan fingerprint density at radius 2 is 1.48 bits per heavy atom. The van der Waals surface area contributed by atoms with Crippen molar-refractivity contribution < 1.29 is 33.6 Å². The zero-order valence-electron chi connectivity index (χ0n) is 23.7. The molecule has 0 aliphatic rings. The summed E-state index contributed by atoms with van der Waals surface area (Å²) in [7, 11) is 0. The quantitative estimate of drug-likeness (QED) is 0.233. The second-order valence-corrected chi connectivity index (χ2v) is 9.55. The van der Waals surface area contributed by atoms with Crippen LogP contribution in [0.4, 0.5) is 4.79 Å². The molecule has 0 aromatic heterocycles. The average molecular weight is 550 g/mol. The summed E-state index contributed by atoms with van der Waals surface area (Å²) in [5.74, 6) is 0.962. The minimum atomic E-state index is -0.987. The first-order valence-corrected chi connectivity index (χ1v) is 13.6. The van der Waals surface area contributed by atoms with Crippen molar-refractivity contribution in [1.82, 2.24) is 4.90 Å². The molecule has 1 amide bonds. The first-order chi connectivity index (χ1) is 19.3. The van der Waals surface area contributed by atoms with E-state index in [1.54, 1.807) is 24.0 Å². The number of carbonyl (C=O) groups is 2. The van der Waals surface area contributed by atoms with Gasteiger partial charge in [-0.3, -0.25) is 0 Å². The molecular formula is C32H39NO7. The normalized spacial score (nSPS) is 11.5. The number of hydrogen-bond acceptors (Lipinski definition) is 6. The third kappa shape index (κ3) is 9.61. The van der Waals surface area contributed by atoms with Crippen LogP contribution in [0.5, 0.6) is 17.2 Å². The Balaban J connectivity index is 1.58. The number of carboxylic acid groups (broad SMARTS) is 1. The molecule has 0 bridgehead atoms. The van der Waals surface area contributed by atoms with Gasteiger partial charge in [-0.1, -0.05) is 36.4 Å². The molecule has 3 rings (SSSR count). The van der Waals surface area contributed by atoms with Gasteiger partial charge in [-0.05, 0) is 86.7 Å². The molecule has 0 spiro atoms. The number of carboxylic acids is 1. The molecule has 8 heteroatoms. The molecule has 8 nitrogen and oxygen atoms in total. The van der Waals surface area contributed by atoms with Gasteiger partial charge in [0.2, 0.25) is 0 Å². The van der Waals surface area contributed by atoms with E-state index in [2.05, 4.69) is 0 Å². The van der Waals surface area contributed by atoms with Gasteiger partial charge < -0.3 is 29.0 Å². The Kier molecular flexibility index (Phi) is 11.8. The second-order valence-electron chi connectivity index (χ2n) is 9.55. The van der Waals surface area contributed by atoms with E-state index in [9.17, 15) is 14.7 Å². The first kappa shape index (κ1) is 30.5. The predicted molar refractivity (Wildman–Crippen MR) is 153 cm³/mol.